The van der Waals surface area contributed by atoms with Crippen molar-refractivity contribution < 1.29 is 14.6 Å². The van der Waals surface area contributed by atoms with E-state index in [9.17, 15) is 5.11 Å². The number of benzene rings is 2. The van der Waals surface area contributed by atoms with Gasteiger partial charge in [-0.25, -0.2) is 5.43 Å². The Bertz CT molecular complexity index is 754. The van der Waals surface area contributed by atoms with Gasteiger partial charge in [0.15, 0.2) is 11.5 Å². The Balaban J connectivity index is 1.47. The number of nitrogens with zero attached hydrogens (tertiary/aromatic N) is 1. The number of fused-ring (bicyclic) bond motifs is 1. The molecule has 3 atom stereocenters. The summed E-state index contributed by atoms with van der Waals surface area (Å²) in [4.78, 5) is 2.32. The number of hydrogen-bond acceptors (Lipinski definition) is 6. The monoisotopic (exact) mass is 369 g/mol. The van der Waals surface area contributed by atoms with Crippen LogP contribution < -0.4 is 20.3 Å². The third-order valence-corrected chi connectivity index (χ3v) is 5.11. The maximum Gasteiger partial charge on any atom is 0.231 e. The lowest BCUT2D eigenvalue weighted by atomic mass is 9.94. The molecule has 0 amide bonds. The molecule has 0 aromatic heterocycles. The molecule has 0 radical (unpaired) electrons. The highest BCUT2D eigenvalue weighted by atomic mass is 16.7. The molecular formula is C21H27N3O3. The molecule has 0 spiro atoms. The topological polar surface area (TPSA) is 66.0 Å². The van der Waals surface area contributed by atoms with Crippen LogP contribution in [0, 0.1) is 5.92 Å². The van der Waals surface area contributed by atoms with Crippen molar-refractivity contribution in [2.45, 2.75) is 25.6 Å². The van der Waals surface area contributed by atoms with Gasteiger partial charge in [0.25, 0.3) is 0 Å². The van der Waals surface area contributed by atoms with Crippen molar-refractivity contribution >= 4 is 0 Å². The van der Waals surface area contributed by atoms with Crippen molar-refractivity contribution in [3.05, 3.63) is 59.7 Å². The first kappa shape index (κ1) is 18.3. The SMILES string of the molecule is CC(O)CN(Cc1ccc2c(c1)OCO2)CC1CNNC1c1ccccc1. The van der Waals surface area contributed by atoms with Gasteiger partial charge in [0.05, 0.1) is 12.1 Å². The van der Waals surface area contributed by atoms with E-state index in [4.69, 9.17) is 9.47 Å². The standard InChI is InChI=1S/C21H27N3O3/c1-15(25)11-24(12-16-7-8-19-20(9-16)27-14-26-19)13-18-10-22-23-21(18)17-5-3-2-4-6-17/h2-9,15,18,21-23,25H,10-14H2,1H3. The zero-order valence-corrected chi connectivity index (χ0v) is 15.6. The van der Waals surface area contributed by atoms with E-state index in [1.807, 2.05) is 25.1 Å². The molecule has 6 heteroatoms. The summed E-state index contributed by atoms with van der Waals surface area (Å²) in [5.74, 6) is 2.02. The van der Waals surface area contributed by atoms with Crippen molar-refractivity contribution in [3.63, 3.8) is 0 Å². The van der Waals surface area contributed by atoms with Crippen LogP contribution in [0.3, 0.4) is 0 Å². The second-order valence-corrected chi connectivity index (χ2v) is 7.40. The molecule has 6 nitrogen and oxygen atoms in total. The Kier molecular flexibility index (Phi) is 5.59. The van der Waals surface area contributed by atoms with Gasteiger partial charge in [-0.1, -0.05) is 36.4 Å². The van der Waals surface area contributed by atoms with Crippen LogP contribution in [0.4, 0.5) is 0 Å². The zero-order chi connectivity index (χ0) is 18.6. The largest absolute Gasteiger partial charge is 0.454 e. The fraction of sp³-hybridized carbons (Fsp3) is 0.429. The maximum absolute atomic E-state index is 9.99. The maximum atomic E-state index is 9.99. The van der Waals surface area contributed by atoms with E-state index in [1.165, 1.54) is 5.56 Å². The van der Waals surface area contributed by atoms with E-state index in [0.717, 1.165) is 36.7 Å². The molecule has 2 heterocycles. The number of nitrogens with one attached hydrogen (secondary N) is 2. The molecule has 1 fully saturated rings. The van der Waals surface area contributed by atoms with E-state index in [1.54, 1.807) is 0 Å². The van der Waals surface area contributed by atoms with Crippen molar-refractivity contribution in [2.24, 2.45) is 5.92 Å². The molecule has 2 aliphatic rings. The molecule has 1 saturated heterocycles. The van der Waals surface area contributed by atoms with Gasteiger partial charge in [-0.2, -0.15) is 0 Å². The molecule has 2 aromatic carbocycles. The van der Waals surface area contributed by atoms with Gasteiger partial charge >= 0.3 is 0 Å². The molecule has 0 saturated carbocycles. The third-order valence-electron chi connectivity index (χ3n) is 5.11. The first-order chi connectivity index (χ1) is 13.2. The molecule has 0 bridgehead atoms. The Morgan fingerprint density at radius 1 is 1.15 bits per heavy atom. The van der Waals surface area contributed by atoms with Crippen molar-refractivity contribution in [2.75, 3.05) is 26.4 Å². The van der Waals surface area contributed by atoms with Crippen LogP contribution in [0.15, 0.2) is 48.5 Å². The molecule has 0 aliphatic carbocycles. The van der Waals surface area contributed by atoms with Crippen LogP contribution in [0.1, 0.15) is 24.1 Å². The smallest absolute Gasteiger partial charge is 0.231 e. The van der Waals surface area contributed by atoms with E-state index in [2.05, 4.69) is 46.1 Å². The van der Waals surface area contributed by atoms with Gasteiger partial charge in [0.2, 0.25) is 6.79 Å². The van der Waals surface area contributed by atoms with Gasteiger partial charge in [0.1, 0.15) is 0 Å². The molecule has 27 heavy (non-hydrogen) atoms. The van der Waals surface area contributed by atoms with Crippen LogP contribution >= 0.6 is 0 Å². The second kappa shape index (κ2) is 8.27. The molecular weight excluding hydrogens is 342 g/mol. The van der Waals surface area contributed by atoms with Crippen LogP contribution in [0.2, 0.25) is 0 Å². The lowest BCUT2D eigenvalue weighted by Crippen LogP contribution is -2.37. The molecule has 3 N–H and O–H groups in total. The Hall–Kier alpha value is -2.12. The first-order valence-corrected chi connectivity index (χ1v) is 9.51. The summed E-state index contributed by atoms with van der Waals surface area (Å²) in [5.41, 5.74) is 9.15. The van der Waals surface area contributed by atoms with Gasteiger partial charge in [-0.3, -0.25) is 10.3 Å². The fourth-order valence-electron chi connectivity index (χ4n) is 3.93. The minimum atomic E-state index is -0.378. The molecule has 2 aromatic rings. The summed E-state index contributed by atoms with van der Waals surface area (Å²) >= 11 is 0. The van der Waals surface area contributed by atoms with E-state index in [-0.39, 0.29) is 18.9 Å². The number of hydrogen-bond donors (Lipinski definition) is 3. The number of aliphatic hydroxyl groups excluding tert-OH is 1. The second-order valence-electron chi connectivity index (χ2n) is 7.40. The lowest BCUT2D eigenvalue weighted by molar-refractivity contribution is 0.110. The molecule has 2 aliphatic heterocycles. The van der Waals surface area contributed by atoms with Gasteiger partial charge in [-0.15, -0.1) is 0 Å². The summed E-state index contributed by atoms with van der Waals surface area (Å²) < 4.78 is 10.9. The predicted octanol–water partition coefficient (Wildman–Crippen LogP) is 2.06. The number of aliphatic hydroxyl groups is 1. The summed E-state index contributed by atoms with van der Waals surface area (Å²) in [7, 11) is 0. The highest BCUT2D eigenvalue weighted by Gasteiger charge is 2.30. The summed E-state index contributed by atoms with van der Waals surface area (Å²) in [5, 5.41) is 9.99. The number of ether oxygens (including phenoxy) is 2. The zero-order valence-electron chi connectivity index (χ0n) is 15.6. The minimum Gasteiger partial charge on any atom is -0.454 e. The van der Waals surface area contributed by atoms with Gasteiger partial charge in [-0.05, 0) is 30.2 Å². The normalized spacial score (nSPS) is 22.3. The van der Waals surface area contributed by atoms with Crippen LogP contribution in [0.5, 0.6) is 11.5 Å². The lowest BCUT2D eigenvalue weighted by Gasteiger charge is -2.29. The van der Waals surface area contributed by atoms with Crippen LogP contribution in [-0.2, 0) is 6.54 Å². The highest BCUT2D eigenvalue weighted by molar-refractivity contribution is 5.44. The quantitative estimate of drug-likeness (QED) is 0.694. The first-order valence-electron chi connectivity index (χ1n) is 9.51. The van der Waals surface area contributed by atoms with E-state index < -0.39 is 0 Å². The Morgan fingerprint density at radius 3 is 2.78 bits per heavy atom. The van der Waals surface area contributed by atoms with E-state index in [0.29, 0.717) is 12.5 Å². The molecule has 4 rings (SSSR count). The van der Waals surface area contributed by atoms with Crippen LogP contribution in [-0.4, -0.2) is 42.5 Å². The molecule has 3 unspecified atom stereocenters. The van der Waals surface area contributed by atoms with Crippen molar-refractivity contribution in [1.82, 2.24) is 15.8 Å². The van der Waals surface area contributed by atoms with Crippen LogP contribution in [0.25, 0.3) is 0 Å². The number of rotatable bonds is 7. The summed E-state index contributed by atoms with van der Waals surface area (Å²) in [6.07, 6.45) is -0.378. The summed E-state index contributed by atoms with van der Waals surface area (Å²) in [6.45, 7) is 5.31. The van der Waals surface area contributed by atoms with Crippen molar-refractivity contribution in [3.8, 4) is 11.5 Å². The average Bonchev–Trinajstić information content (AvgIpc) is 3.30. The summed E-state index contributed by atoms with van der Waals surface area (Å²) in [6, 6.07) is 16.9. The molecule has 144 valence electrons. The van der Waals surface area contributed by atoms with Crippen molar-refractivity contribution in [1.29, 1.82) is 0 Å². The Morgan fingerprint density at radius 2 is 1.96 bits per heavy atom. The fourth-order valence-corrected chi connectivity index (χ4v) is 3.93. The number of hydrazine groups is 1. The Labute approximate surface area is 160 Å². The van der Waals surface area contributed by atoms with Gasteiger partial charge in [0, 0.05) is 32.1 Å². The van der Waals surface area contributed by atoms with E-state index >= 15 is 0 Å². The average molecular weight is 369 g/mol. The highest BCUT2D eigenvalue weighted by Crippen LogP contribution is 2.33. The third kappa shape index (κ3) is 4.42. The predicted molar refractivity (Wildman–Crippen MR) is 103 cm³/mol. The van der Waals surface area contributed by atoms with Gasteiger partial charge < -0.3 is 14.6 Å². The minimum absolute atomic E-state index is 0.263.